The average Bonchev–Trinajstić information content (AvgIpc) is 3.15. The van der Waals surface area contributed by atoms with E-state index in [4.69, 9.17) is 15.2 Å². The standard InChI is InChI=1S/C20H23NO3/c1-23-18-12-17(21)16(20(22)15-9-5-6-10-15)11-19(18)24-13-14-7-3-2-4-8-14/h2-4,7-8,11-12,15H,5-6,9-10,13,21H2,1H3. The Morgan fingerprint density at radius 3 is 2.50 bits per heavy atom. The van der Waals surface area contributed by atoms with Crippen LogP contribution in [0.4, 0.5) is 5.69 Å². The molecule has 0 unspecified atom stereocenters. The molecule has 24 heavy (non-hydrogen) atoms. The summed E-state index contributed by atoms with van der Waals surface area (Å²) in [5.74, 6) is 1.31. The van der Waals surface area contributed by atoms with E-state index in [1.54, 1.807) is 19.2 Å². The fraction of sp³-hybridized carbons (Fsp3) is 0.350. The Hall–Kier alpha value is -2.49. The molecule has 4 heteroatoms. The molecule has 0 bridgehead atoms. The Bertz CT molecular complexity index is 706. The van der Waals surface area contributed by atoms with Crippen LogP contribution < -0.4 is 15.2 Å². The van der Waals surface area contributed by atoms with E-state index >= 15 is 0 Å². The monoisotopic (exact) mass is 325 g/mol. The zero-order valence-corrected chi connectivity index (χ0v) is 14.0. The number of ketones is 1. The van der Waals surface area contributed by atoms with Crippen LogP contribution >= 0.6 is 0 Å². The highest BCUT2D eigenvalue weighted by Crippen LogP contribution is 2.36. The molecule has 0 aliphatic heterocycles. The molecule has 4 nitrogen and oxygen atoms in total. The van der Waals surface area contributed by atoms with Gasteiger partial charge < -0.3 is 15.2 Å². The van der Waals surface area contributed by atoms with Gasteiger partial charge in [0.1, 0.15) is 6.61 Å². The van der Waals surface area contributed by atoms with E-state index in [1.807, 2.05) is 30.3 Å². The molecule has 1 fully saturated rings. The first-order chi connectivity index (χ1) is 11.7. The van der Waals surface area contributed by atoms with Crippen LogP contribution in [0, 0.1) is 5.92 Å². The van der Waals surface area contributed by atoms with Crippen molar-refractivity contribution in [2.24, 2.45) is 5.92 Å². The van der Waals surface area contributed by atoms with E-state index in [-0.39, 0.29) is 11.7 Å². The van der Waals surface area contributed by atoms with Crippen molar-refractivity contribution in [1.29, 1.82) is 0 Å². The van der Waals surface area contributed by atoms with Crippen molar-refractivity contribution in [2.75, 3.05) is 12.8 Å². The summed E-state index contributed by atoms with van der Waals surface area (Å²) in [7, 11) is 1.57. The Morgan fingerprint density at radius 2 is 1.83 bits per heavy atom. The molecule has 0 amide bonds. The molecule has 1 saturated carbocycles. The van der Waals surface area contributed by atoms with Crippen molar-refractivity contribution in [1.82, 2.24) is 0 Å². The largest absolute Gasteiger partial charge is 0.493 e. The Kier molecular flexibility index (Phi) is 5.04. The number of methoxy groups -OCH3 is 1. The average molecular weight is 325 g/mol. The van der Waals surface area contributed by atoms with Gasteiger partial charge in [-0.1, -0.05) is 43.2 Å². The van der Waals surface area contributed by atoms with Gasteiger partial charge in [-0.25, -0.2) is 0 Å². The maximum absolute atomic E-state index is 12.7. The lowest BCUT2D eigenvalue weighted by Gasteiger charge is -2.16. The summed E-state index contributed by atoms with van der Waals surface area (Å²) in [6.45, 7) is 0.415. The number of Topliss-reactive ketones (excluding diaryl/α,β-unsaturated/α-hetero) is 1. The highest BCUT2D eigenvalue weighted by Gasteiger charge is 2.26. The maximum Gasteiger partial charge on any atom is 0.168 e. The van der Waals surface area contributed by atoms with Crippen LogP contribution in [-0.4, -0.2) is 12.9 Å². The topological polar surface area (TPSA) is 61.5 Å². The molecule has 126 valence electrons. The van der Waals surface area contributed by atoms with Gasteiger partial charge in [0.25, 0.3) is 0 Å². The molecule has 1 aliphatic rings. The summed E-state index contributed by atoms with van der Waals surface area (Å²) < 4.78 is 11.2. The minimum absolute atomic E-state index is 0.0858. The highest BCUT2D eigenvalue weighted by atomic mass is 16.5. The summed E-state index contributed by atoms with van der Waals surface area (Å²) >= 11 is 0. The second-order valence-corrected chi connectivity index (χ2v) is 6.21. The molecule has 1 aliphatic carbocycles. The van der Waals surface area contributed by atoms with Crippen LogP contribution in [0.1, 0.15) is 41.6 Å². The summed E-state index contributed by atoms with van der Waals surface area (Å²) in [5.41, 5.74) is 8.14. The zero-order valence-electron chi connectivity index (χ0n) is 14.0. The van der Waals surface area contributed by atoms with Crippen molar-refractivity contribution in [3.63, 3.8) is 0 Å². The Morgan fingerprint density at radius 1 is 1.12 bits per heavy atom. The number of carbonyl (C=O) groups excluding carboxylic acids is 1. The van der Waals surface area contributed by atoms with Crippen LogP contribution in [0.25, 0.3) is 0 Å². The number of anilines is 1. The maximum atomic E-state index is 12.7. The lowest BCUT2D eigenvalue weighted by atomic mass is 9.95. The molecule has 0 radical (unpaired) electrons. The van der Waals surface area contributed by atoms with Crippen molar-refractivity contribution >= 4 is 11.5 Å². The number of nitrogens with two attached hydrogens (primary N) is 1. The first-order valence-electron chi connectivity index (χ1n) is 8.37. The predicted octanol–water partition coefficient (Wildman–Crippen LogP) is 4.23. The van der Waals surface area contributed by atoms with Crippen molar-refractivity contribution in [3.05, 3.63) is 53.6 Å². The number of nitrogen functional groups attached to an aromatic ring is 1. The molecule has 2 N–H and O–H groups in total. The van der Waals surface area contributed by atoms with Gasteiger partial charge in [-0.3, -0.25) is 4.79 Å². The first kappa shape index (κ1) is 16.4. The molecular formula is C20H23NO3. The summed E-state index contributed by atoms with van der Waals surface area (Å²) in [5, 5.41) is 0. The lowest BCUT2D eigenvalue weighted by molar-refractivity contribution is 0.0923. The molecule has 3 rings (SSSR count). The van der Waals surface area contributed by atoms with Gasteiger partial charge in [-0.15, -0.1) is 0 Å². The predicted molar refractivity (Wildman–Crippen MR) is 94.5 cm³/mol. The number of hydrogen-bond acceptors (Lipinski definition) is 4. The molecule has 0 atom stereocenters. The third kappa shape index (κ3) is 3.53. The molecule has 2 aromatic rings. The van der Waals surface area contributed by atoms with Crippen LogP contribution in [0.2, 0.25) is 0 Å². The van der Waals surface area contributed by atoms with Gasteiger partial charge in [0.2, 0.25) is 0 Å². The smallest absolute Gasteiger partial charge is 0.168 e. The van der Waals surface area contributed by atoms with Gasteiger partial charge >= 0.3 is 0 Å². The first-order valence-corrected chi connectivity index (χ1v) is 8.37. The molecule has 2 aromatic carbocycles. The molecule has 0 heterocycles. The highest BCUT2D eigenvalue weighted by molar-refractivity contribution is 6.03. The van der Waals surface area contributed by atoms with Crippen molar-refractivity contribution in [2.45, 2.75) is 32.3 Å². The van der Waals surface area contributed by atoms with Crippen LogP contribution in [0.5, 0.6) is 11.5 Å². The van der Waals surface area contributed by atoms with Crippen molar-refractivity contribution in [3.8, 4) is 11.5 Å². The number of carbonyl (C=O) groups is 1. The van der Waals surface area contributed by atoms with Gasteiger partial charge in [-0.2, -0.15) is 0 Å². The van der Waals surface area contributed by atoms with Gasteiger partial charge in [0.15, 0.2) is 17.3 Å². The van der Waals surface area contributed by atoms with Crippen LogP contribution in [-0.2, 0) is 6.61 Å². The molecular weight excluding hydrogens is 302 g/mol. The molecule has 0 aromatic heterocycles. The van der Waals surface area contributed by atoms with E-state index in [0.29, 0.717) is 29.4 Å². The third-order valence-corrected chi connectivity index (χ3v) is 4.56. The SMILES string of the molecule is COc1cc(N)c(C(=O)C2CCCC2)cc1OCc1ccccc1. The van der Waals surface area contributed by atoms with E-state index in [1.165, 1.54) is 0 Å². The summed E-state index contributed by atoms with van der Waals surface area (Å²) in [6, 6.07) is 13.3. The van der Waals surface area contributed by atoms with E-state index in [0.717, 1.165) is 31.2 Å². The summed E-state index contributed by atoms with van der Waals surface area (Å²) in [6.07, 6.45) is 4.13. The second kappa shape index (κ2) is 7.39. The fourth-order valence-electron chi connectivity index (χ4n) is 3.20. The van der Waals surface area contributed by atoms with E-state index in [9.17, 15) is 4.79 Å². The van der Waals surface area contributed by atoms with Gasteiger partial charge in [0, 0.05) is 23.2 Å². The quantitative estimate of drug-likeness (QED) is 0.638. The van der Waals surface area contributed by atoms with Gasteiger partial charge in [-0.05, 0) is 24.5 Å². The van der Waals surface area contributed by atoms with Crippen LogP contribution in [0.15, 0.2) is 42.5 Å². The van der Waals surface area contributed by atoms with Crippen LogP contribution in [0.3, 0.4) is 0 Å². The zero-order chi connectivity index (χ0) is 16.9. The number of benzene rings is 2. The number of rotatable bonds is 6. The van der Waals surface area contributed by atoms with Gasteiger partial charge in [0.05, 0.1) is 7.11 Å². The Balaban J connectivity index is 1.84. The van der Waals surface area contributed by atoms with Crippen molar-refractivity contribution < 1.29 is 14.3 Å². The molecule has 0 saturated heterocycles. The minimum Gasteiger partial charge on any atom is -0.493 e. The summed E-state index contributed by atoms with van der Waals surface area (Å²) in [4.78, 5) is 12.7. The normalized spacial score (nSPS) is 14.5. The number of ether oxygens (including phenoxy) is 2. The number of hydrogen-bond donors (Lipinski definition) is 1. The van der Waals surface area contributed by atoms with E-state index < -0.39 is 0 Å². The fourth-order valence-corrected chi connectivity index (χ4v) is 3.20. The molecule has 0 spiro atoms. The van der Waals surface area contributed by atoms with E-state index in [2.05, 4.69) is 0 Å². The lowest BCUT2D eigenvalue weighted by Crippen LogP contribution is -2.14. The third-order valence-electron chi connectivity index (χ3n) is 4.56. The second-order valence-electron chi connectivity index (χ2n) is 6.21. The Labute approximate surface area is 142 Å². The minimum atomic E-state index is 0.0858.